The molecule has 0 aliphatic rings. The van der Waals surface area contributed by atoms with Crippen molar-refractivity contribution in [1.82, 2.24) is 19.9 Å². The fraction of sp³-hybridized carbons (Fsp3) is 0.0476. The van der Waals surface area contributed by atoms with Crippen LogP contribution in [0.1, 0.15) is 13.8 Å². The fourth-order valence-electron chi connectivity index (χ4n) is 6.55. The van der Waals surface area contributed by atoms with E-state index in [1.165, 1.54) is 72.8 Å². The zero-order valence-corrected chi connectivity index (χ0v) is 30.5. The molecule has 0 saturated heterocycles. The van der Waals surface area contributed by atoms with Gasteiger partial charge in [0.2, 0.25) is 0 Å². The summed E-state index contributed by atoms with van der Waals surface area (Å²) >= 11 is 0. The largest absolute Gasteiger partial charge is 0.278 e. The zero-order valence-electron chi connectivity index (χ0n) is 30.5. The minimum absolute atomic E-state index is 0.0669. The van der Waals surface area contributed by atoms with Gasteiger partial charge in [-0.1, -0.05) is 74.5 Å². The van der Waals surface area contributed by atoms with E-state index >= 15 is 0 Å². The normalized spacial score (nSPS) is 10.8. The Bertz CT molecular complexity index is 2770. The van der Waals surface area contributed by atoms with Crippen LogP contribution in [0, 0.1) is 40.5 Å². The summed E-state index contributed by atoms with van der Waals surface area (Å²) in [5, 5.41) is 48.3. The third-order valence-corrected chi connectivity index (χ3v) is 9.09. The number of fused-ring (bicyclic) bond motifs is 2. The maximum absolute atomic E-state index is 12.1. The molecule has 0 radical (unpaired) electrons. The number of rotatable bonds is 9. The van der Waals surface area contributed by atoms with E-state index in [1.807, 2.05) is 13.8 Å². The van der Waals surface area contributed by atoms with Gasteiger partial charge in [-0.3, -0.25) is 40.5 Å². The summed E-state index contributed by atoms with van der Waals surface area (Å²) < 4.78 is 0. The van der Waals surface area contributed by atoms with Crippen molar-refractivity contribution in [3.63, 3.8) is 0 Å². The SMILES string of the molecule is CC.O=[N+]([O-])c1ccccc1-c1nc2ccc(-c3ccc4nc(-c5ccccc5[N+](=O)[O-])c(-c5ccccc5[N+](=O)[O-])nc4c3)cc2nc1-c1ccccc1[N+](=O)[O-]. The lowest BCUT2D eigenvalue weighted by Gasteiger charge is -2.13. The summed E-state index contributed by atoms with van der Waals surface area (Å²) in [6.07, 6.45) is 0. The number of hydrogen-bond donors (Lipinski definition) is 0. The van der Waals surface area contributed by atoms with Crippen molar-refractivity contribution in [1.29, 1.82) is 0 Å². The Balaban J connectivity index is 0.00000252. The van der Waals surface area contributed by atoms with E-state index < -0.39 is 19.7 Å². The Morgan fingerprint density at radius 1 is 0.345 bits per heavy atom. The van der Waals surface area contributed by atoms with Gasteiger partial charge >= 0.3 is 0 Å². The van der Waals surface area contributed by atoms with Crippen molar-refractivity contribution >= 4 is 44.8 Å². The molecular formula is C42H28N8O8. The highest BCUT2D eigenvalue weighted by Gasteiger charge is 2.27. The lowest BCUT2D eigenvalue weighted by Crippen LogP contribution is -2.01. The molecule has 16 nitrogen and oxygen atoms in total. The molecule has 16 heteroatoms. The second-order valence-corrected chi connectivity index (χ2v) is 12.3. The van der Waals surface area contributed by atoms with Crippen molar-refractivity contribution in [2.24, 2.45) is 0 Å². The number of para-hydroxylation sites is 4. The van der Waals surface area contributed by atoms with Gasteiger partial charge in [0.15, 0.2) is 0 Å². The minimum atomic E-state index is -0.559. The molecule has 0 fully saturated rings. The van der Waals surface area contributed by atoms with Gasteiger partial charge in [0, 0.05) is 24.3 Å². The molecule has 8 rings (SSSR count). The fourth-order valence-corrected chi connectivity index (χ4v) is 6.55. The lowest BCUT2D eigenvalue weighted by atomic mass is 9.99. The number of aromatic nitrogens is 4. The predicted octanol–water partition coefficient (Wildman–Crippen LogP) is 10.6. The molecule has 0 bridgehead atoms. The van der Waals surface area contributed by atoms with Crippen molar-refractivity contribution in [2.75, 3.05) is 0 Å². The molecule has 0 amide bonds. The molecule has 0 aliphatic heterocycles. The Hall–Kier alpha value is -8.40. The second kappa shape index (κ2) is 15.8. The standard InChI is InChI=1S/C40H22N8O8.C2H6/c49-45(50)33-13-5-1-9-25(33)37-39(27-11-3-7-15-35(27)47(53)54)43-31-21-23(17-19-29(31)41-37)24-18-20-30-32(22-24)44-40(28-12-4-8-16-36(28)48(55)56)38(42-30)26-10-2-6-14-34(26)46(51)52;1-2/h1-22H;1-2H3. The number of hydrogen-bond acceptors (Lipinski definition) is 12. The summed E-state index contributed by atoms with van der Waals surface area (Å²) in [5.41, 5.74) is 2.40. The van der Waals surface area contributed by atoms with Crippen LogP contribution in [0.4, 0.5) is 22.7 Å². The quantitative estimate of drug-likeness (QED) is 0.0986. The molecule has 0 spiro atoms. The Morgan fingerprint density at radius 2 is 0.586 bits per heavy atom. The topological polar surface area (TPSA) is 224 Å². The van der Waals surface area contributed by atoms with Gasteiger partial charge in [-0.05, 0) is 59.7 Å². The summed E-state index contributed by atoms with van der Waals surface area (Å²) in [5.74, 6) is 0. The monoisotopic (exact) mass is 772 g/mol. The number of nitrogens with zero attached hydrogens (tertiary/aromatic N) is 8. The first kappa shape index (κ1) is 37.9. The van der Waals surface area contributed by atoms with E-state index in [9.17, 15) is 40.5 Å². The van der Waals surface area contributed by atoms with E-state index in [-0.39, 0.29) is 67.8 Å². The van der Waals surface area contributed by atoms with Gasteiger partial charge < -0.3 is 0 Å². The van der Waals surface area contributed by atoms with E-state index in [2.05, 4.69) is 0 Å². The molecule has 0 aliphatic carbocycles. The van der Waals surface area contributed by atoms with Gasteiger partial charge in [-0.25, -0.2) is 19.9 Å². The lowest BCUT2D eigenvalue weighted by molar-refractivity contribution is -0.384. The highest BCUT2D eigenvalue weighted by Crippen LogP contribution is 2.41. The van der Waals surface area contributed by atoms with Gasteiger partial charge in [0.1, 0.15) is 22.8 Å². The molecule has 0 atom stereocenters. The van der Waals surface area contributed by atoms with Crippen LogP contribution in [0.3, 0.4) is 0 Å². The van der Waals surface area contributed by atoms with Crippen LogP contribution in [0.2, 0.25) is 0 Å². The van der Waals surface area contributed by atoms with Crippen LogP contribution in [-0.4, -0.2) is 39.6 Å². The van der Waals surface area contributed by atoms with Crippen LogP contribution < -0.4 is 0 Å². The smallest absolute Gasteiger partial charge is 0.258 e. The van der Waals surface area contributed by atoms with Crippen LogP contribution in [0.15, 0.2) is 133 Å². The van der Waals surface area contributed by atoms with Crippen molar-refractivity contribution < 1.29 is 19.7 Å². The molecule has 2 heterocycles. The molecule has 0 saturated carbocycles. The average Bonchev–Trinajstić information content (AvgIpc) is 3.25. The maximum atomic E-state index is 12.1. The summed E-state index contributed by atoms with van der Waals surface area (Å²) in [6, 6.07) is 34.0. The highest BCUT2D eigenvalue weighted by atomic mass is 16.6. The van der Waals surface area contributed by atoms with Crippen LogP contribution in [0.5, 0.6) is 0 Å². The summed E-state index contributed by atoms with van der Waals surface area (Å²) in [4.78, 5) is 65.3. The Morgan fingerprint density at radius 3 is 0.845 bits per heavy atom. The first-order valence-electron chi connectivity index (χ1n) is 17.7. The van der Waals surface area contributed by atoms with Gasteiger partial charge in [0.25, 0.3) is 22.7 Å². The second-order valence-electron chi connectivity index (χ2n) is 12.3. The molecule has 0 unspecified atom stereocenters. The summed E-state index contributed by atoms with van der Waals surface area (Å²) in [6.45, 7) is 4.00. The molecule has 6 aromatic carbocycles. The number of nitro groups is 4. The van der Waals surface area contributed by atoms with E-state index in [1.54, 1.807) is 60.7 Å². The predicted molar refractivity (Wildman–Crippen MR) is 218 cm³/mol. The van der Waals surface area contributed by atoms with E-state index in [4.69, 9.17) is 19.9 Å². The molecule has 2 aromatic heterocycles. The molecular weight excluding hydrogens is 745 g/mol. The van der Waals surface area contributed by atoms with E-state index in [0.717, 1.165) is 0 Å². The van der Waals surface area contributed by atoms with Crippen molar-refractivity contribution in [2.45, 2.75) is 13.8 Å². The highest BCUT2D eigenvalue weighted by molar-refractivity contribution is 5.95. The van der Waals surface area contributed by atoms with Crippen molar-refractivity contribution in [3.05, 3.63) is 174 Å². The van der Waals surface area contributed by atoms with Crippen molar-refractivity contribution in [3.8, 4) is 56.2 Å². The summed E-state index contributed by atoms with van der Waals surface area (Å²) in [7, 11) is 0. The number of benzene rings is 6. The maximum Gasteiger partial charge on any atom is 0.278 e. The van der Waals surface area contributed by atoms with Crippen LogP contribution in [0.25, 0.3) is 78.2 Å². The number of nitro benzene ring substituents is 4. The van der Waals surface area contributed by atoms with Gasteiger partial charge in [0.05, 0.1) is 64.0 Å². The van der Waals surface area contributed by atoms with E-state index in [0.29, 0.717) is 33.2 Å². The first-order valence-corrected chi connectivity index (χ1v) is 17.7. The average molecular weight is 773 g/mol. The molecule has 0 N–H and O–H groups in total. The van der Waals surface area contributed by atoms with Gasteiger partial charge in [-0.2, -0.15) is 0 Å². The molecule has 8 aromatic rings. The van der Waals surface area contributed by atoms with Crippen LogP contribution >= 0.6 is 0 Å². The molecule has 58 heavy (non-hydrogen) atoms. The minimum Gasteiger partial charge on any atom is -0.258 e. The van der Waals surface area contributed by atoms with Gasteiger partial charge in [-0.15, -0.1) is 0 Å². The Kier molecular flexibility index (Phi) is 10.3. The Labute approximate surface area is 327 Å². The first-order chi connectivity index (χ1) is 28.1. The van der Waals surface area contributed by atoms with Crippen LogP contribution in [-0.2, 0) is 0 Å². The third kappa shape index (κ3) is 6.99. The molecule has 284 valence electrons. The zero-order chi connectivity index (χ0) is 41.1. The third-order valence-electron chi connectivity index (χ3n) is 9.09.